The van der Waals surface area contributed by atoms with Crippen LogP contribution < -0.4 is 10.1 Å². The predicted octanol–water partition coefficient (Wildman–Crippen LogP) is 4.47. The van der Waals surface area contributed by atoms with Gasteiger partial charge in [0.25, 0.3) is 5.91 Å². The van der Waals surface area contributed by atoms with Crippen LogP contribution in [0.3, 0.4) is 0 Å². The Bertz CT molecular complexity index is 1110. The van der Waals surface area contributed by atoms with Crippen molar-refractivity contribution in [1.82, 2.24) is 4.90 Å². The summed E-state index contributed by atoms with van der Waals surface area (Å²) in [7, 11) is 0. The Labute approximate surface area is 185 Å². The topological polar surface area (TPSA) is 67.9 Å². The first kappa shape index (κ1) is 21.3. The quantitative estimate of drug-likeness (QED) is 0.551. The van der Waals surface area contributed by atoms with Crippen molar-refractivity contribution in [3.8, 4) is 5.75 Å². The minimum Gasteiger partial charge on any atom is -0.484 e. The number of amides is 1. The van der Waals surface area contributed by atoms with Crippen LogP contribution in [0.1, 0.15) is 34.6 Å². The van der Waals surface area contributed by atoms with Gasteiger partial charge in [0, 0.05) is 18.0 Å². The molecule has 0 spiro atoms. The van der Waals surface area contributed by atoms with E-state index in [1.165, 1.54) is 11.3 Å². The third kappa shape index (κ3) is 4.73. The number of thiophene rings is 1. The van der Waals surface area contributed by atoms with Gasteiger partial charge >= 0.3 is 5.97 Å². The lowest BCUT2D eigenvalue weighted by Gasteiger charge is -2.25. The van der Waals surface area contributed by atoms with E-state index in [9.17, 15) is 9.59 Å². The number of ether oxygens (including phenoxy) is 2. The number of anilines is 1. The number of carbonyl (C=O) groups is 2. The average Bonchev–Trinajstić information content (AvgIpc) is 3.14. The Morgan fingerprint density at radius 2 is 1.94 bits per heavy atom. The molecule has 1 aliphatic rings. The van der Waals surface area contributed by atoms with Gasteiger partial charge in [0.1, 0.15) is 10.8 Å². The highest BCUT2D eigenvalue weighted by Gasteiger charge is 2.29. The summed E-state index contributed by atoms with van der Waals surface area (Å²) in [5.74, 6) is -0.0520. The van der Waals surface area contributed by atoms with Crippen LogP contribution in [-0.4, -0.2) is 43.1 Å². The third-order valence-corrected chi connectivity index (χ3v) is 6.54. The molecule has 0 bridgehead atoms. The smallest absolute Gasteiger partial charge is 0.341 e. The monoisotopic (exact) mass is 438 g/mol. The highest BCUT2D eigenvalue weighted by molar-refractivity contribution is 7.17. The van der Waals surface area contributed by atoms with Crippen LogP contribution >= 0.6 is 11.3 Å². The maximum absolute atomic E-state index is 12.6. The largest absolute Gasteiger partial charge is 0.484 e. The summed E-state index contributed by atoms with van der Waals surface area (Å²) in [6.45, 7) is 6.70. The third-order valence-electron chi connectivity index (χ3n) is 5.41. The van der Waals surface area contributed by atoms with E-state index in [4.69, 9.17) is 9.47 Å². The molecule has 1 N–H and O–H groups in total. The summed E-state index contributed by atoms with van der Waals surface area (Å²) < 4.78 is 11.0. The molecule has 2 aromatic carbocycles. The first-order valence-electron chi connectivity index (χ1n) is 10.5. The van der Waals surface area contributed by atoms with Gasteiger partial charge in [0.05, 0.1) is 12.2 Å². The molecule has 1 aliphatic heterocycles. The van der Waals surface area contributed by atoms with Crippen molar-refractivity contribution in [2.24, 2.45) is 0 Å². The van der Waals surface area contributed by atoms with Crippen LogP contribution in [0.15, 0.2) is 42.5 Å². The Hall–Kier alpha value is -2.90. The van der Waals surface area contributed by atoms with Gasteiger partial charge in [-0.05, 0) is 48.4 Å². The molecule has 0 unspecified atom stereocenters. The highest BCUT2D eigenvalue weighted by Crippen LogP contribution is 2.37. The molecule has 2 heterocycles. The maximum atomic E-state index is 12.6. The summed E-state index contributed by atoms with van der Waals surface area (Å²) in [4.78, 5) is 28.7. The summed E-state index contributed by atoms with van der Waals surface area (Å²) in [6, 6.07) is 13.7. The first-order chi connectivity index (χ1) is 15.1. The van der Waals surface area contributed by atoms with Crippen LogP contribution in [-0.2, 0) is 22.5 Å². The summed E-state index contributed by atoms with van der Waals surface area (Å²) >= 11 is 1.46. The number of hydrogen-bond acceptors (Lipinski definition) is 6. The second-order valence-corrected chi connectivity index (χ2v) is 8.50. The SMILES string of the molecule is CCOC(=O)c1c(NC(=O)COc2ccc3ccccc3c2)sc2c1CCN(CC)C2. The molecule has 0 aliphatic carbocycles. The van der Waals surface area contributed by atoms with Crippen LogP contribution in [0.5, 0.6) is 5.75 Å². The van der Waals surface area contributed by atoms with Gasteiger partial charge in [-0.3, -0.25) is 9.69 Å². The summed E-state index contributed by atoms with van der Waals surface area (Å²) in [6.07, 6.45) is 0.775. The molecule has 7 heteroatoms. The van der Waals surface area contributed by atoms with E-state index in [2.05, 4.69) is 17.1 Å². The van der Waals surface area contributed by atoms with Crippen molar-refractivity contribution in [2.75, 3.05) is 31.6 Å². The van der Waals surface area contributed by atoms with Gasteiger partial charge in [-0.2, -0.15) is 0 Å². The fraction of sp³-hybridized carbons (Fsp3) is 0.333. The zero-order valence-electron chi connectivity index (χ0n) is 17.8. The summed E-state index contributed by atoms with van der Waals surface area (Å²) in [5.41, 5.74) is 1.50. The van der Waals surface area contributed by atoms with E-state index in [0.29, 0.717) is 22.9 Å². The van der Waals surface area contributed by atoms with E-state index in [0.717, 1.165) is 47.3 Å². The molecule has 6 nitrogen and oxygen atoms in total. The molecule has 4 rings (SSSR count). The molecular formula is C24H26N2O4S. The number of likely N-dealkylation sites (N-methyl/N-ethyl adjacent to an activating group) is 1. The number of nitrogens with one attached hydrogen (secondary N) is 1. The van der Waals surface area contributed by atoms with Gasteiger partial charge in [0.15, 0.2) is 6.61 Å². The van der Waals surface area contributed by atoms with E-state index in [1.807, 2.05) is 42.5 Å². The van der Waals surface area contributed by atoms with Crippen molar-refractivity contribution in [1.29, 1.82) is 0 Å². The molecule has 3 aromatic rings. The molecule has 1 aromatic heterocycles. The minimum atomic E-state index is -0.379. The Morgan fingerprint density at radius 3 is 2.71 bits per heavy atom. The number of esters is 1. The molecule has 162 valence electrons. The molecular weight excluding hydrogens is 412 g/mol. The molecule has 0 saturated carbocycles. The van der Waals surface area contributed by atoms with Crippen molar-refractivity contribution in [3.63, 3.8) is 0 Å². The fourth-order valence-electron chi connectivity index (χ4n) is 3.80. The second kappa shape index (κ2) is 9.49. The Kier molecular flexibility index (Phi) is 6.53. The van der Waals surface area contributed by atoms with E-state index >= 15 is 0 Å². The number of nitrogens with zero attached hydrogens (tertiary/aromatic N) is 1. The molecule has 0 radical (unpaired) electrons. The normalized spacial score (nSPS) is 13.6. The van der Waals surface area contributed by atoms with Gasteiger partial charge in [-0.25, -0.2) is 4.79 Å². The van der Waals surface area contributed by atoms with Crippen molar-refractivity contribution in [3.05, 3.63) is 58.5 Å². The van der Waals surface area contributed by atoms with Crippen LogP contribution in [0.4, 0.5) is 5.00 Å². The zero-order valence-corrected chi connectivity index (χ0v) is 18.6. The zero-order chi connectivity index (χ0) is 21.8. The number of carbonyl (C=O) groups excluding carboxylic acids is 2. The minimum absolute atomic E-state index is 0.135. The Balaban J connectivity index is 1.48. The number of benzene rings is 2. The summed E-state index contributed by atoms with van der Waals surface area (Å²) in [5, 5.41) is 5.60. The number of hydrogen-bond donors (Lipinski definition) is 1. The van der Waals surface area contributed by atoms with Crippen molar-refractivity contribution < 1.29 is 19.1 Å². The van der Waals surface area contributed by atoms with Crippen LogP contribution in [0, 0.1) is 0 Å². The molecule has 0 atom stereocenters. The van der Waals surface area contributed by atoms with Gasteiger partial charge in [-0.1, -0.05) is 37.3 Å². The van der Waals surface area contributed by atoms with Crippen LogP contribution in [0.25, 0.3) is 10.8 Å². The Morgan fingerprint density at radius 1 is 1.13 bits per heavy atom. The van der Waals surface area contributed by atoms with E-state index < -0.39 is 0 Å². The fourth-order valence-corrected chi connectivity index (χ4v) is 5.10. The van der Waals surface area contributed by atoms with Gasteiger partial charge in [-0.15, -0.1) is 11.3 Å². The average molecular weight is 439 g/mol. The molecule has 0 saturated heterocycles. The second-order valence-electron chi connectivity index (χ2n) is 7.39. The molecule has 1 amide bonds. The lowest BCUT2D eigenvalue weighted by Crippen LogP contribution is -2.30. The predicted molar refractivity (Wildman–Crippen MR) is 123 cm³/mol. The van der Waals surface area contributed by atoms with Gasteiger partial charge < -0.3 is 14.8 Å². The van der Waals surface area contributed by atoms with E-state index in [1.54, 1.807) is 6.92 Å². The molecule has 0 fully saturated rings. The van der Waals surface area contributed by atoms with Crippen molar-refractivity contribution in [2.45, 2.75) is 26.8 Å². The lowest BCUT2D eigenvalue weighted by molar-refractivity contribution is -0.118. The standard InChI is InChI=1S/C24H26N2O4S/c1-3-26-12-11-19-20(14-26)31-23(22(19)24(28)29-4-2)25-21(27)15-30-18-10-9-16-7-5-6-8-17(16)13-18/h5-10,13H,3-4,11-12,14-15H2,1-2H3,(H,25,27). The lowest BCUT2D eigenvalue weighted by atomic mass is 10.0. The number of rotatable bonds is 7. The molecule has 31 heavy (non-hydrogen) atoms. The van der Waals surface area contributed by atoms with E-state index in [-0.39, 0.29) is 18.5 Å². The van der Waals surface area contributed by atoms with Crippen LogP contribution in [0.2, 0.25) is 0 Å². The van der Waals surface area contributed by atoms with Crippen molar-refractivity contribution >= 4 is 39.0 Å². The number of fused-ring (bicyclic) bond motifs is 2. The maximum Gasteiger partial charge on any atom is 0.341 e. The highest BCUT2D eigenvalue weighted by atomic mass is 32.1. The first-order valence-corrected chi connectivity index (χ1v) is 11.4. The van der Waals surface area contributed by atoms with Gasteiger partial charge in [0.2, 0.25) is 0 Å².